The van der Waals surface area contributed by atoms with E-state index in [2.05, 4.69) is 11.7 Å². The first kappa shape index (κ1) is 15.2. The topological polar surface area (TPSA) is 29.5 Å². The number of ether oxygens (including phenoxy) is 1. The Morgan fingerprint density at radius 2 is 1.95 bits per heavy atom. The first-order chi connectivity index (χ1) is 9.60. The van der Waals surface area contributed by atoms with Gasteiger partial charge in [0.05, 0.1) is 6.10 Å². The van der Waals surface area contributed by atoms with E-state index in [1.165, 1.54) is 18.6 Å². The largest absolute Gasteiger partial charge is 0.435 e. The van der Waals surface area contributed by atoms with Gasteiger partial charge in [0.2, 0.25) is 0 Å². The number of rotatable bonds is 5. The smallest absolute Gasteiger partial charge is 0.387 e. The monoisotopic (exact) mass is 284 g/mol. The molecule has 1 N–H and O–H groups in total. The van der Waals surface area contributed by atoms with Gasteiger partial charge >= 0.3 is 6.61 Å². The molecule has 1 aromatic carbocycles. The van der Waals surface area contributed by atoms with Crippen molar-refractivity contribution in [3.8, 4) is 5.75 Å². The zero-order chi connectivity index (χ0) is 14.5. The average molecular weight is 284 g/mol. The third kappa shape index (κ3) is 3.92. The minimum atomic E-state index is -2.81. The maximum atomic E-state index is 12.1. The lowest BCUT2D eigenvalue weighted by Gasteiger charge is -2.32. The van der Waals surface area contributed by atoms with Crippen molar-refractivity contribution in [1.29, 1.82) is 0 Å². The van der Waals surface area contributed by atoms with Gasteiger partial charge in [-0.1, -0.05) is 38.3 Å². The quantitative estimate of drug-likeness (QED) is 0.860. The van der Waals surface area contributed by atoms with E-state index in [0.29, 0.717) is 5.92 Å². The lowest BCUT2D eigenvalue weighted by molar-refractivity contribution is -0.0498. The highest BCUT2D eigenvalue weighted by Crippen LogP contribution is 2.38. The second-order valence-electron chi connectivity index (χ2n) is 5.59. The van der Waals surface area contributed by atoms with Gasteiger partial charge in [-0.25, -0.2) is 0 Å². The summed E-state index contributed by atoms with van der Waals surface area (Å²) in [5.41, 5.74) is 0.786. The standard InChI is InChI=1S/C16H22F2O2/c1-2-11-4-3-5-13(10-11)15(19)12-6-8-14(9-7-12)20-16(17)18/h6-9,11,13,15-16,19H,2-5,10H2,1H3. The molecule has 3 atom stereocenters. The Bertz CT molecular complexity index is 405. The molecule has 1 aliphatic rings. The summed E-state index contributed by atoms with van der Waals surface area (Å²) in [6.45, 7) is -0.620. The fourth-order valence-electron chi connectivity index (χ4n) is 3.11. The van der Waals surface area contributed by atoms with Gasteiger partial charge in [-0.05, 0) is 42.4 Å². The van der Waals surface area contributed by atoms with Crippen LogP contribution in [0.25, 0.3) is 0 Å². The summed E-state index contributed by atoms with van der Waals surface area (Å²) in [6.07, 6.45) is 5.14. The maximum absolute atomic E-state index is 12.1. The van der Waals surface area contributed by atoms with Crippen molar-refractivity contribution >= 4 is 0 Å². The van der Waals surface area contributed by atoms with E-state index in [4.69, 9.17) is 0 Å². The lowest BCUT2D eigenvalue weighted by atomic mass is 9.76. The first-order valence-electron chi connectivity index (χ1n) is 7.33. The molecule has 112 valence electrons. The van der Waals surface area contributed by atoms with Crippen molar-refractivity contribution in [2.75, 3.05) is 0 Å². The van der Waals surface area contributed by atoms with Crippen LogP contribution in [-0.2, 0) is 0 Å². The number of hydrogen-bond donors (Lipinski definition) is 1. The molecule has 0 heterocycles. The van der Waals surface area contributed by atoms with Crippen molar-refractivity contribution in [3.05, 3.63) is 29.8 Å². The number of benzene rings is 1. The summed E-state index contributed by atoms with van der Waals surface area (Å²) < 4.78 is 28.5. The van der Waals surface area contributed by atoms with E-state index < -0.39 is 12.7 Å². The molecular formula is C16H22F2O2. The van der Waals surface area contributed by atoms with Crippen LogP contribution in [0.3, 0.4) is 0 Å². The highest BCUT2D eigenvalue weighted by atomic mass is 19.3. The molecule has 1 fully saturated rings. The van der Waals surface area contributed by atoms with Crippen molar-refractivity contribution in [3.63, 3.8) is 0 Å². The van der Waals surface area contributed by atoms with Gasteiger partial charge in [-0.15, -0.1) is 0 Å². The summed E-state index contributed by atoms with van der Waals surface area (Å²) >= 11 is 0. The third-order valence-electron chi connectivity index (χ3n) is 4.29. The highest BCUT2D eigenvalue weighted by molar-refractivity contribution is 5.28. The van der Waals surface area contributed by atoms with Gasteiger partial charge in [-0.2, -0.15) is 8.78 Å². The van der Waals surface area contributed by atoms with Gasteiger partial charge in [0, 0.05) is 0 Å². The number of aliphatic hydroxyl groups is 1. The Balaban J connectivity index is 1.99. The predicted molar refractivity (Wildman–Crippen MR) is 73.8 cm³/mol. The van der Waals surface area contributed by atoms with Gasteiger partial charge in [0.25, 0.3) is 0 Å². The molecule has 0 radical (unpaired) electrons. The lowest BCUT2D eigenvalue weighted by Crippen LogP contribution is -2.21. The normalized spacial score (nSPS) is 24.6. The Kier molecular flexibility index (Phi) is 5.35. The van der Waals surface area contributed by atoms with E-state index in [-0.39, 0.29) is 11.7 Å². The van der Waals surface area contributed by atoms with Crippen LogP contribution in [0.1, 0.15) is 50.7 Å². The summed E-state index contributed by atoms with van der Waals surface area (Å²) in [6, 6.07) is 6.34. The summed E-state index contributed by atoms with van der Waals surface area (Å²) in [5, 5.41) is 10.4. The van der Waals surface area contributed by atoms with Gasteiger partial charge in [0.15, 0.2) is 0 Å². The Hall–Kier alpha value is -1.16. The molecule has 1 aromatic rings. The summed E-state index contributed by atoms with van der Waals surface area (Å²) in [7, 11) is 0. The molecule has 20 heavy (non-hydrogen) atoms. The fourth-order valence-corrected chi connectivity index (χ4v) is 3.11. The third-order valence-corrected chi connectivity index (χ3v) is 4.29. The van der Waals surface area contributed by atoms with Crippen LogP contribution in [0.15, 0.2) is 24.3 Å². The molecule has 1 aliphatic carbocycles. The Morgan fingerprint density at radius 1 is 1.25 bits per heavy atom. The fraction of sp³-hybridized carbons (Fsp3) is 0.625. The van der Waals surface area contributed by atoms with E-state index in [0.717, 1.165) is 31.2 Å². The molecule has 0 aliphatic heterocycles. The number of aliphatic hydroxyl groups excluding tert-OH is 1. The molecular weight excluding hydrogens is 262 g/mol. The van der Waals surface area contributed by atoms with Gasteiger partial charge in [-0.3, -0.25) is 0 Å². The molecule has 2 nitrogen and oxygen atoms in total. The van der Waals surface area contributed by atoms with Crippen LogP contribution in [0.4, 0.5) is 8.78 Å². The van der Waals surface area contributed by atoms with Crippen LogP contribution in [0.2, 0.25) is 0 Å². The summed E-state index contributed by atoms with van der Waals surface area (Å²) in [4.78, 5) is 0. The molecule has 0 amide bonds. The Labute approximate surface area is 118 Å². The Morgan fingerprint density at radius 3 is 2.55 bits per heavy atom. The first-order valence-corrected chi connectivity index (χ1v) is 7.33. The second-order valence-corrected chi connectivity index (χ2v) is 5.59. The van der Waals surface area contributed by atoms with Crippen LogP contribution in [0, 0.1) is 11.8 Å². The van der Waals surface area contributed by atoms with Gasteiger partial charge in [0.1, 0.15) is 5.75 Å². The zero-order valence-electron chi connectivity index (χ0n) is 11.8. The SMILES string of the molecule is CCC1CCCC(C(O)c2ccc(OC(F)F)cc2)C1. The highest BCUT2D eigenvalue weighted by Gasteiger charge is 2.27. The van der Waals surface area contributed by atoms with Crippen molar-refractivity contribution in [1.82, 2.24) is 0 Å². The van der Waals surface area contributed by atoms with E-state index in [9.17, 15) is 13.9 Å². The molecule has 1 saturated carbocycles. The minimum Gasteiger partial charge on any atom is -0.435 e. The molecule has 2 rings (SSSR count). The van der Waals surface area contributed by atoms with E-state index in [1.54, 1.807) is 12.1 Å². The molecule has 3 unspecified atom stereocenters. The van der Waals surface area contributed by atoms with Crippen LogP contribution < -0.4 is 4.74 Å². The number of halogens is 2. The van der Waals surface area contributed by atoms with Crippen molar-refractivity contribution in [2.45, 2.75) is 51.7 Å². The van der Waals surface area contributed by atoms with Crippen LogP contribution >= 0.6 is 0 Å². The predicted octanol–water partition coefficient (Wildman–Crippen LogP) is 4.54. The summed E-state index contributed by atoms with van der Waals surface area (Å²) in [5.74, 6) is 1.10. The van der Waals surface area contributed by atoms with E-state index >= 15 is 0 Å². The molecule has 4 heteroatoms. The van der Waals surface area contributed by atoms with Crippen molar-refractivity contribution < 1.29 is 18.6 Å². The zero-order valence-corrected chi connectivity index (χ0v) is 11.8. The molecule has 0 spiro atoms. The maximum Gasteiger partial charge on any atom is 0.387 e. The molecule has 0 saturated heterocycles. The van der Waals surface area contributed by atoms with Crippen molar-refractivity contribution in [2.24, 2.45) is 11.8 Å². The van der Waals surface area contributed by atoms with Crippen LogP contribution in [0.5, 0.6) is 5.75 Å². The number of hydrogen-bond acceptors (Lipinski definition) is 2. The van der Waals surface area contributed by atoms with Gasteiger partial charge < -0.3 is 9.84 Å². The molecule has 0 bridgehead atoms. The minimum absolute atomic E-state index is 0.131. The second kappa shape index (κ2) is 7.02. The number of alkyl halides is 2. The average Bonchev–Trinajstić information content (AvgIpc) is 2.47. The van der Waals surface area contributed by atoms with Crippen LogP contribution in [-0.4, -0.2) is 11.7 Å². The molecule has 0 aromatic heterocycles. The van der Waals surface area contributed by atoms with E-state index in [1.807, 2.05) is 0 Å².